The number of thioether (sulfide) groups is 1. The third-order valence-electron chi connectivity index (χ3n) is 3.46. The number of nitrogens with one attached hydrogen (secondary N) is 2. The fourth-order valence-corrected chi connectivity index (χ4v) is 4.63. The number of carbonyl (C=O) groups excluding carboxylic acids is 2. The average Bonchev–Trinajstić information content (AvgIpc) is 3.20. The molecule has 1 aliphatic carbocycles. The van der Waals surface area contributed by atoms with Crippen molar-refractivity contribution in [1.29, 1.82) is 0 Å². The molecule has 0 atom stereocenters. The Bertz CT molecular complexity index is 541. The predicted molar refractivity (Wildman–Crippen MR) is 81.0 cm³/mol. The van der Waals surface area contributed by atoms with Crippen LogP contribution in [0.2, 0.25) is 0 Å². The summed E-state index contributed by atoms with van der Waals surface area (Å²) in [6.07, 6.45) is 2.86. The zero-order chi connectivity index (χ0) is 13.4. The van der Waals surface area contributed by atoms with Gasteiger partial charge in [-0.05, 0) is 30.6 Å². The zero-order valence-electron chi connectivity index (χ0n) is 10.7. The molecule has 0 radical (unpaired) electrons. The SMILES string of the molecule is CNC(=O)c1c(NC(=O)C2CC2)sc2c1CCSC2.[HH]. The number of carbonyl (C=O) groups is 2. The number of amides is 2. The lowest BCUT2D eigenvalue weighted by atomic mass is 10.1. The van der Waals surface area contributed by atoms with Crippen LogP contribution in [0.3, 0.4) is 0 Å². The third-order valence-corrected chi connectivity index (χ3v) is 5.78. The van der Waals surface area contributed by atoms with E-state index >= 15 is 0 Å². The van der Waals surface area contributed by atoms with E-state index < -0.39 is 0 Å². The van der Waals surface area contributed by atoms with Crippen LogP contribution in [0.1, 0.15) is 35.1 Å². The minimum Gasteiger partial charge on any atom is -0.355 e. The van der Waals surface area contributed by atoms with Gasteiger partial charge in [0.1, 0.15) is 5.00 Å². The van der Waals surface area contributed by atoms with Crippen molar-refractivity contribution in [2.45, 2.75) is 25.0 Å². The van der Waals surface area contributed by atoms with E-state index in [2.05, 4.69) is 10.6 Å². The molecule has 1 aromatic heterocycles. The fraction of sp³-hybridized carbons (Fsp3) is 0.538. The van der Waals surface area contributed by atoms with E-state index in [0.717, 1.165) is 41.3 Å². The molecule has 6 heteroatoms. The van der Waals surface area contributed by atoms with E-state index in [1.54, 1.807) is 18.4 Å². The number of anilines is 1. The Labute approximate surface area is 121 Å². The van der Waals surface area contributed by atoms with Crippen molar-refractivity contribution in [3.05, 3.63) is 16.0 Å². The van der Waals surface area contributed by atoms with E-state index in [1.807, 2.05) is 11.8 Å². The van der Waals surface area contributed by atoms with Crippen LogP contribution in [0.5, 0.6) is 0 Å². The van der Waals surface area contributed by atoms with Crippen molar-refractivity contribution < 1.29 is 11.0 Å². The highest BCUT2D eigenvalue weighted by Gasteiger charge is 2.32. The lowest BCUT2D eigenvalue weighted by Crippen LogP contribution is -2.22. The number of hydrogen-bond donors (Lipinski definition) is 2. The molecule has 19 heavy (non-hydrogen) atoms. The molecule has 1 saturated carbocycles. The van der Waals surface area contributed by atoms with Gasteiger partial charge < -0.3 is 10.6 Å². The molecule has 2 N–H and O–H groups in total. The first-order chi connectivity index (χ1) is 9.20. The standard InChI is InChI=1S/C13H16N2O2S2.H2/c1-14-12(17)10-8-4-5-18-6-9(8)19-13(10)15-11(16)7-2-3-7;/h7H,2-6H2,1H3,(H,14,17)(H,15,16);1H. The molecular weight excluding hydrogens is 280 g/mol. The Morgan fingerprint density at radius 2 is 2.16 bits per heavy atom. The largest absolute Gasteiger partial charge is 0.355 e. The second-order valence-corrected chi connectivity index (χ2v) is 7.06. The Balaban J connectivity index is 0.00000147. The maximum Gasteiger partial charge on any atom is 0.254 e. The molecule has 3 rings (SSSR count). The van der Waals surface area contributed by atoms with Gasteiger partial charge in [0.15, 0.2) is 0 Å². The lowest BCUT2D eigenvalue weighted by molar-refractivity contribution is -0.117. The van der Waals surface area contributed by atoms with E-state index in [1.165, 1.54) is 4.88 Å². The molecule has 0 saturated heterocycles. The van der Waals surface area contributed by atoms with Crippen LogP contribution in [0.4, 0.5) is 5.00 Å². The minimum atomic E-state index is -0.0875. The first-order valence-electron chi connectivity index (χ1n) is 6.46. The number of fused-ring (bicyclic) bond motifs is 1. The summed E-state index contributed by atoms with van der Waals surface area (Å²) in [5.41, 5.74) is 1.82. The van der Waals surface area contributed by atoms with Crippen molar-refractivity contribution in [2.75, 3.05) is 18.1 Å². The summed E-state index contributed by atoms with van der Waals surface area (Å²) in [7, 11) is 1.64. The summed E-state index contributed by atoms with van der Waals surface area (Å²) in [4.78, 5) is 25.2. The van der Waals surface area contributed by atoms with Gasteiger partial charge >= 0.3 is 0 Å². The normalized spacial score (nSPS) is 17.7. The topological polar surface area (TPSA) is 58.2 Å². The van der Waals surface area contributed by atoms with E-state index in [0.29, 0.717) is 5.56 Å². The summed E-state index contributed by atoms with van der Waals surface area (Å²) >= 11 is 3.45. The van der Waals surface area contributed by atoms with E-state index in [9.17, 15) is 9.59 Å². The Kier molecular flexibility index (Phi) is 3.54. The smallest absolute Gasteiger partial charge is 0.254 e. The van der Waals surface area contributed by atoms with E-state index in [4.69, 9.17) is 0 Å². The van der Waals surface area contributed by atoms with Gasteiger partial charge in [-0.1, -0.05) is 0 Å². The van der Waals surface area contributed by atoms with Crippen molar-refractivity contribution in [3.63, 3.8) is 0 Å². The van der Waals surface area contributed by atoms with Gasteiger partial charge in [-0.25, -0.2) is 0 Å². The summed E-state index contributed by atoms with van der Waals surface area (Å²) in [5.74, 6) is 2.13. The van der Waals surface area contributed by atoms with Crippen LogP contribution in [-0.4, -0.2) is 24.6 Å². The van der Waals surface area contributed by atoms with Gasteiger partial charge in [0.25, 0.3) is 5.91 Å². The maximum atomic E-state index is 12.1. The Morgan fingerprint density at radius 3 is 2.84 bits per heavy atom. The molecule has 1 fully saturated rings. The van der Waals surface area contributed by atoms with Gasteiger partial charge in [-0.2, -0.15) is 11.8 Å². The minimum absolute atomic E-state index is 0. The average molecular weight is 298 g/mol. The van der Waals surface area contributed by atoms with Crippen LogP contribution in [0.25, 0.3) is 0 Å². The first kappa shape index (κ1) is 13.0. The van der Waals surface area contributed by atoms with E-state index in [-0.39, 0.29) is 19.2 Å². The second-order valence-electron chi connectivity index (χ2n) is 4.85. The first-order valence-corrected chi connectivity index (χ1v) is 8.43. The molecule has 0 unspecified atom stereocenters. The van der Waals surface area contributed by atoms with Gasteiger partial charge in [-0.3, -0.25) is 9.59 Å². The second kappa shape index (κ2) is 5.17. The molecule has 2 amide bonds. The molecule has 4 nitrogen and oxygen atoms in total. The van der Waals surface area contributed by atoms with Gasteiger partial charge in [-0.15, -0.1) is 11.3 Å². The molecule has 2 aliphatic rings. The van der Waals surface area contributed by atoms with Gasteiger partial charge in [0, 0.05) is 25.0 Å². The number of thiophene rings is 1. The molecule has 104 valence electrons. The third kappa shape index (κ3) is 2.51. The quantitative estimate of drug-likeness (QED) is 0.901. The molecule has 1 aliphatic heterocycles. The van der Waals surface area contributed by atoms with Crippen LogP contribution >= 0.6 is 23.1 Å². The molecule has 0 spiro atoms. The zero-order valence-corrected chi connectivity index (χ0v) is 12.4. The summed E-state index contributed by atoms with van der Waals surface area (Å²) < 4.78 is 0. The van der Waals surface area contributed by atoms with Crippen LogP contribution in [0, 0.1) is 5.92 Å². The van der Waals surface area contributed by atoms with Crippen molar-refractivity contribution >= 4 is 39.9 Å². The molecule has 1 aromatic rings. The number of rotatable bonds is 3. The molecular formula is C13H18N2O2S2. The Morgan fingerprint density at radius 1 is 1.37 bits per heavy atom. The van der Waals surface area contributed by atoms with Gasteiger partial charge in [0.05, 0.1) is 5.56 Å². The van der Waals surface area contributed by atoms with Crippen molar-refractivity contribution in [1.82, 2.24) is 5.32 Å². The van der Waals surface area contributed by atoms with Gasteiger partial charge in [0.2, 0.25) is 5.91 Å². The maximum absolute atomic E-state index is 12.1. The highest BCUT2D eigenvalue weighted by molar-refractivity contribution is 7.98. The van der Waals surface area contributed by atoms with Crippen LogP contribution < -0.4 is 10.6 Å². The highest BCUT2D eigenvalue weighted by atomic mass is 32.2. The summed E-state index contributed by atoms with van der Waals surface area (Å²) in [6, 6.07) is 0. The lowest BCUT2D eigenvalue weighted by Gasteiger charge is -2.12. The van der Waals surface area contributed by atoms with Crippen LogP contribution in [-0.2, 0) is 17.0 Å². The summed E-state index contributed by atoms with van der Waals surface area (Å²) in [5, 5.41) is 6.38. The molecule has 0 bridgehead atoms. The predicted octanol–water partition coefficient (Wildman–Crippen LogP) is 2.49. The summed E-state index contributed by atoms with van der Waals surface area (Å²) in [6.45, 7) is 0. The monoisotopic (exact) mass is 298 g/mol. The number of hydrogen-bond acceptors (Lipinski definition) is 4. The highest BCUT2D eigenvalue weighted by Crippen LogP contribution is 2.40. The van der Waals surface area contributed by atoms with Crippen LogP contribution in [0.15, 0.2) is 0 Å². The van der Waals surface area contributed by atoms with Crippen molar-refractivity contribution in [3.8, 4) is 0 Å². The van der Waals surface area contributed by atoms with Crippen molar-refractivity contribution in [2.24, 2.45) is 5.92 Å². The Hall–Kier alpha value is -1.01. The fourth-order valence-electron chi connectivity index (χ4n) is 2.25. The molecule has 0 aromatic carbocycles. The molecule has 2 heterocycles.